The molecule has 0 heterocycles. The molecule has 0 spiro atoms. The van der Waals surface area contributed by atoms with Crippen LogP contribution in [0.2, 0.25) is 0 Å². The van der Waals surface area contributed by atoms with E-state index < -0.39 is 48.7 Å². The number of carboxylic acids is 1. The molecule has 0 aliphatic rings. The Morgan fingerprint density at radius 2 is 1.50 bits per heavy atom. The second kappa shape index (κ2) is 6.38. The second-order valence-corrected chi connectivity index (χ2v) is 4.12. The molecule has 0 aromatic heterocycles. The van der Waals surface area contributed by atoms with Gasteiger partial charge in [0.2, 0.25) is 0 Å². The molecule has 0 aromatic carbocycles. The SMILES string of the molecule is CC(O)(C(=O)O)C(O)[C@H](O)[C@H](O)[C@H](O)[C@H](O)CO. The lowest BCUT2D eigenvalue weighted by atomic mass is 9.89. The smallest absolute Gasteiger partial charge is 0.338 e. The Morgan fingerprint density at radius 1 is 1.06 bits per heavy atom. The molecule has 0 rings (SSSR count). The minimum atomic E-state index is -2.76. The Kier molecular flexibility index (Phi) is 6.10. The number of hydrogen-bond donors (Lipinski definition) is 8. The van der Waals surface area contributed by atoms with Crippen LogP contribution in [0.5, 0.6) is 0 Å². The van der Waals surface area contributed by atoms with Gasteiger partial charge >= 0.3 is 5.97 Å². The zero-order valence-corrected chi connectivity index (χ0v) is 9.58. The molecule has 0 saturated heterocycles. The monoisotopic (exact) mass is 270 g/mol. The Labute approximate surface area is 102 Å². The highest BCUT2D eigenvalue weighted by Gasteiger charge is 2.46. The van der Waals surface area contributed by atoms with Crippen LogP contribution in [-0.2, 0) is 4.79 Å². The standard InChI is InChI=1S/C9H18O9/c1-9(18,8(16)17)7(15)6(14)5(13)4(12)3(11)2-10/h3-7,10-15,18H,2H2,1H3,(H,16,17)/t3-,4-,5-,6-,7?,9?/m1/s1. The van der Waals surface area contributed by atoms with E-state index in [1.165, 1.54) is 0 Å². The molecule has 108 valence electrons. The van der Waals surface area contributed by atoms with Gasteiger partial charge in [0.25, 0.3) is 0 Å². The highest BCUT2D eigenvalue weighted by atomic mass is 16.4. The van der Waals surface area contributed by atoms with Crippen LogP contribution in [-0.4, -0.2) is 89.5 Å². The molecule has 8 N–H and O–H groups in total. The van der Waals surface area contributed by atoms with Crippen molar-refractivity contribution in [3.8, 4) is 0 Å². The Morgan fingerprint density at radius 3 is 1.83 bits per heavy atom. The molecule has 0 bridgehead atoms. The van der Waals surface area contributed by atoms with Gasteiger partial charge in [-0.3, -0.25) is 0 Å². The van der Waals surface area contributed by atoms with Crippen molar-refractivity contribution >= 4 is 5.97 Å². The van der Waals surface area contributed by atoms with Crippen LogP contribution in [0.1, 0.15) is 6.92 Å². The van der Waals surface area contributed by atoms with Crippen molar-refractivity contribution in [3.63, 3.8) is 0 Å². The van der Waals surface area contributed by atoms with Crippen LogP contribution in [0.15, 0.2) is 0 Å². The normalized spacial score (nSPS) is 23.6. The molecule has 0 radical (unpaired) electrons. The van der Waals surface area contributed by atoms with Crippen molar-refractivity contribution in [2.24, 2.45) is 0 Å². The van der Waals surface area contributed by atoms with Gasteiger partial charge in [-0.15, -0.1) is 0 Å². The number of carboxylic acid groups (broad SMARTS) is 1. The maximum atomic E-state index is 10.6. The lowest BCUT2D eigenvalue weighted by molar-refractivity contribution is -0.196. The summed E-state index contributed by atoms with van der Waals surface area (Å²) in [4.78, 5) is 10.6. The van der Waals surface area contributed by atoms with E-state index in [0.29, 0.717) is 6.92 Å². The highest BCUT2D eigenvalue weighted by Crippen LogP contribution is 2.18. The van der Waals surface area contributed by atoms with Gasteiger partial charge in [-0.25, -0.2) is 4.79 Å². The molecule has 6 atom stereocenters. The first kappa shape index (κ1) is 17.2. The van der Waals surface area contributed by atoms with Crippen molar-refractivity contribution < 1.29 is 45.6 Å². The minimum absolute atomic E-state index is 0.685. The molecule has 0 fully saturated rings. The molecule has 0 aliphatic heterocycles. The predicted molar refractivity (Wildman–Crippen MR) is 55.4 cm³/mol. The van der Waals surface area contributed by atoms with Crippen molar-refractivity contribution in [1.82, 2.24) is 0 Å². The average molecular weight is 270 g/mol. The third-order valence-electron chi connectivity index (χ3n) is 2.61. The van der Waals surface area contributed by atoms with E-state index in [9.17, 15) is 30.3 Å². The quantitative estimate of drug-likeness (QED) is 0.227. The Hall–Kier alpha value is -0.810. The Bertz CT molecular complexity index is 279. The zero-order valence-electron chi connectivity index (χ0n) is 9.58. The fourth-order valence-corrected chi connectivity index (χ4v) is 1.18. The molecule has 0 aliphatic carbocycles. The lowest BCUT2D eigenvalue weighted by Crippen LogP contribution is -2.59. The summed E-state index contributed by atoms with van der Waals surface area (Å²) in [6.07, 6.45) is -10.5. The largest absolute Gasteiger partial charge is 0.479 e. The molecule has 0 saturated carbocycles. The number of aliphatic hydroxyl groups is 7. The van der Waals surface area contributed by atoms with E-state index in [-0.39, 0.29) is 0 Å². The third kappa shape index (κ3) is 3.59. The van der Waals surface area contributed by atoms with Gasteiger partial charge < -0.3 is 40.9 Å². The molecule has 9 nitrogen and oxygen atoms in total. The van der Waals surface area contributed by atoms with Crippen LogP contribution in [0.3, 0.4) is 0 Å². The number of aliphatic hydroxyl groups excluding tert-OH is 6. The van der Waals surface area contributed by atoms with Crippen molar-refractivity contribution in [3.05, 3.63) is 0 Å². The van der Waals surface area contributed by atoms with Gasteiger partial charge in [0.15, 0.2) is 5.60 Å². The second-order valence-electron chi connectivity index (χ2n) is 4.12. The third-order valence-corrected chi connectivity index (χ3v) is 2.61. The van der Waals surface area contributed by atoms with Gasteiger partial charge in [0.05, 0.1) is 6.61 Å². The summed E-state index contributed by atoms with van der Waals surface area (Å²) in [5.41, 5.74) is -2.76. The zero-order chi connectivity index (χ0) is 14.7. The van der Waals surface area contributed by atoms with Crippen molar-refractivity contribution in [2.45, 2.75) is 43.0 Å². The highest BCUT2D eigenvalue weighted by molar-refractivity contribution is 5.77. The number of rotatable bonds is 7. The summed E-state index contributed by atoms with van der Waals surface area (Å²) in [6.45, 7) is -0.235. The number of hydrogen-bond acceptors (Lipinski definition) is 8. The molecule has 0 amide bonds. The molecular weight excluding hydrogens is 252 g/mol. The van der Waals surface area contributed by atoms with Gasteiger partial charge in [-0.1, -0.05) is 0 Å². The fourth-order valence-electron chi connectivity index (χ4n) is 1.18. The van der Waals surface area contributed by atoms with E-state index in [4.69, 9.17) is 15.3 Å². The first-order valence-electron chi connectivity index (χ1n) is 5.04. The maximum absolute atomic E-state index is 10.6. The molecule has 2 unspecified atom stereocenters. The average Bonchev–Trinajstić information content (AvgIpc) is 2.33. The van der Waals surface area contributed by atoms with E-state index in [2.05, 4.69) is 0 Å². The molecule has 18 heavy (non-hydrogen) atoms. The van der Waals surface area contributed by atoms with Gasteiger partial charge in [-0.2, -0.15) is 0 Å². The Balaban J connectivity index is 4.84. The lowest BCUT2D eigenvalue weighted by Gasteiger charge is -2.33. The van der Waals surface area contributed by atoms with Crippen molar-refractivity contribution in [1.29, 1.82) is 0 Å². The maximum Gasteiger partial charge on any atom is 0.338 e. The summed E-state index contributed by atoms with van der Waals surface area (Å²) < 4.78 is 0. The number of aliphatic carboxylic acids is 1. The van der Waals surface area contributed by atoms with Crippen LogP contribution in [0.25, 0.3) is 0 Å². The summed E-state index contributed by atoms with van der Waals surface area (Å²) in [7, 11) is 0. The van der Waals surface area contributed by atoms with Crippen LogP contribution < -0.4 is 0 Å². The summed E-state index contributed by atoms with van der Waals surface area (Å²) >= 11 is 0. The molecule has 9 heteroatoms. The topological polar surface area (TPSA) is 179 Å². The summed E-state index contributed by atoms with van der Waals surface area (Å²) in [5.74, 6) is -1.85. The summed E-state index contributed by atoms with van der Waals surface area (Å²) in [6, 6.07) is 0. The first-order chi connectivity index (χ1) is 8.07. The molecule has 0 aromatic rings. The first-order valence-corrected chi connectivity index (χ1v) is 5.04. The summed E-state index contributed by atoms with van der Waals surface area (Å²) in [5, 5.41) is 72.9. The molecular formula is C9H18O9. The van der Waals surface area contributed by atoms with Crippen LogP contribution >= 0.6 is 0 Å². The van der Waals surface area contributed by atoms with Gasteiger partial charge in [0.1, 0.15) is 30.5 Å². The predicted octanol–water partition coefficient (Wildman–Crippen LogP) is -4.38. The van der Waals surface area contributed by atoms with E-state index in [0.717, 1.165) is 0 Å². The van der Waals surface area contributed by atoms with E-state index in [1.54, 1.807) is 0 Å². The number of carbonyl (C=O) groups is 1. The van der Waals surface area contributed by atoms with Crippen molar-refractivity contribution in [2.75, 3.05) is 6.61 Å². The van der Waals surface area contributed by atoms with Gasteiger partial charge in [0, 0.05) is 0 Å². The van der Waals surface area contributed by atoms with Crippen LogP contribution in [0, 0.1) is 0 Å². The van der Waals surface area contributed by atoms with Gasteiger partial charge in [-0.05, 0) is 6.92 Å². The van der Waals surface area contributed by atoms with E-state index in [1.807, 2.05) is 0 Å². The van der Waals surface area contributed by atoms with Crippen LogP contribution in [0.4, 0.5) is 0 Å². The van der Waals surface area contributed by atoms with E-state index >= 15 is 0 Å². The minimum Gasteiger partial charge on any atom is -0.479 e. The fraction of sp³-hybridized carbons (Fsp3) is 0.889.